The van der Waals surface area contributed by atoms with Crippen LogP contribution in [-0.2, 0) is 4.79 Å². The van der Waals surface area contributed by atoms with Gasteiger partial charge >= 0.3 is 0 Å². The van der Waals surface area contributed by atoms with E-state index in [4.69, 9.17) is 0 Å². The van der Waals surface area contributed by atoms with E-state index in [2.05, 4.69) is 26.1 Å². The van der Waals surface area contributed by atoms with E-state index < -0.39 is 0 Å². The van der Waals surface area contributed by atoms with Crippen molar-refractivity contribution in [1.29, 1.82) is 0 Å². The van der Waals surface area contributed by atoms with Gasteiger partial charge in [-0.25, -0.2) is 0 Å². The summed E-state index contributed by atoms with van der Waals surface area (Å²) in [4.78, 5) is 16.9. The monoisotopic (exact) mass is 325 g/mol. The molecule has 104 valence electrons. The SMILES string of the molecule is CN/C(=C\C=C(/C)Br)N1CC2CC3CC(CC1=O)N32. The van der Waals surface area contributed by atoms with E-state index in [9.17, 15) is 4.79 Å². The molecule has 3 unspecified atom stereocenters. The summed E-state index contributed by atoms with van der Waals surface area (Å²) < 4.78 is 1.05. The van der Waals surface area contributed by atoms with E-state index in [1.165, 1.54) is 12.8 Å². The van der Waals surface area contributed by atoms with Crippen LogP contribution < -0.4 is 5.32 Å². The zero-order valence-corrected chi connectivity index (χ0v) is 13.0. The van der Waals surface area contributed by atoms with Crippen molar-refractivity contribution in [2.75, 3.05) is 13.6 Å². The molecule has 1 amide bonds. The lowest BCUT2D eigenvalue weighted by Crippen LogP contribution is -2.70. The van der Waals surface area contributed by atoms with Crippen molar-refractivity contribution in [3.63, 3.8) is 0 Å². The number of allylic oxidation sites excluding steroid dienone is 3. The predicted octanol–water partition coefficient (Wildman–Crippen LogP) is 1.79. The second kappa shape index (κ2) is 4.94. The molecule has 3 aliphatic heterocycles. The summed E-state index contributed by atoms with van der Waals surface area (Å²) in [7, 11) is 1.87. The second-order valence-corrected chi connectivity index (χ2v) is 6.89. The molecule has 3 heterocycles. The normalized spacial score (nSPS) is 35.2. The van der Waals surface area contributed by atoms with Gasteiger partial charge in [-0.2, -0.15) is 0 Å². The topological polar surface area (TPSA) is 35.6 Å². The van der Waals surface area contributed by atoms with Gasteiger partial charge in [-0.15, -0.1) is 0 Å². The van der Waals surface area contributed by atoms with Crippen molar-refractivity contribution in [3.05, 3.63) is 22.5 Å². The highest BCUT2D eigenvalue weighted by molar-refractivity contribution is 9.11. The third kappa shape index (κ3) is 2.23. The van der Waals surface area contributed by atoms with Gasteiger partial charge in [0.1, 0.15) is 5.82 Å². The van der Waals surface area contributed by atoms with E-state index in [0.717, 1.165) is 22.9 Å². The van der Waals surface area contributed by atoms with Crippen LogP contribution in [-0.4, -0.2) is 47.4 Å². The molecule has 0 aromatic rings. The molecule has 0 radical (unpaired) electrons. The summed E-state index contributed by atoms with van der Waals surface area (Å²) in [6, 6.07) is 1.85. The minimum atomic E-state index is 0.249. The molecule has 19 heavy (non-hydrogen) atoms. The quantitative estimate of drug-likeness (QED) is 0.804. The molecule has 3 rings (SSSR count). The number of nitrogens with one attached hydrogen (secondary N) is 1. The summed E-state index contributed by atoms with van der Waals surface area (Å²) >= 11 is 3.41. The molecule has 4 nitrogen and oxygen atoms in total. The van der Waals surface area contributed by atoms with Crippen LogP contribution >= 0.6 is 15.9 Å². The van der Waals surface area contributed by atoms with Crippen molar-refractivity contribution in [3.8, 4) is 0 Å². The number of amides is 1. The van der Waals surface area contributed by atoms with Crippen LogP contribution in [0, 0.1) is 0 Å². The highest BCUT2D eigenvalue weighted by atomic mass is 79.9. The molecule has 3 atom stereocenters. The van der Waals surface area contributed by atoms with Crippen molar-refractivity contribution >= 4 is 21.8 Å². The fourth-order valence-corrected chi connectivity index (χ4v) is 3.68. The molecule has 0 bridgehead atoms. The molecule has 0 saturated carbocycles. The molecule has 3 aliphatic rings. The first-order chi connectivity index (χ1) is 9.10. The first-order valence-electron chi connectivity index (χ1n) is 6.89. The number of hydrogen-bond donors (Lipinski definition) is 1. The van der Waals surface area contributed by atoms with E-state index in [1.54, 1.807) is 0 Å². The summed E-state index contributed by atoms with van der Waals surface area (Å²) in [5.74, 6) is 1.15. The minimum Gasteiger partial charge on any atom is -0.374 e. The maximum Gasteiger partial charge on any atom is 0.229 e. The number of halogens is 1. The molecule has 3 fully saturated rings. The largest absolute Gasteiger partial charge is 0.374 e. The predicted molar refractivity (Wildman–Crippen MR) is 78.6 cm³/mol. The zero-order valence-electron chi connectivity index (χ0n) is 11.4. The molecule has 5 heteroatoms. The minimum absolute atomic E-state index is 0.249. The standard InChI is InChI=1S/C14H20BrN3O/c1-9(15)3-4-13(16-2)17-8-12-6-10-5-11(18(10)12)7-14(17)19/h3-4,10-12,16H,5-8H2,1-2H3/b9-3+,13-4+. The second-order valence-electron chi connectivity index (χ2n) is 5.64. The third-order valence-corrected chi connectivity index (χ3v) is 4.74. The highest BCUT2D eigenvalue weighted by Gasteiger charge is 2.54. The van der Waals surface area contributed by atoms with E-state index in [1.807, 2.05) is 31.0 Å². The van der Waals surface area contributed by atoms with Gasteiger partial charge in [0.25, 0.3) is 0 Å². The molecule has 0 spiro atoms. The summed E-state index contributed by atoms with van der Waals surface area (Å²) in [5, 5.41) is 3.16. The van der Waals surface area contributed by atoms with E-state index >= 15 is 0 Å². The van der Waals surface area contributed by atoms with Gasteiger partial charge in [0.15, 0.2) is 0 Å². The fourth-order valence-electron chi connectivity index (χ4n) is 3.55. The fraction of sp³-hybridized carbons (Fsp3) is 0.643. The van der Waals surface area contributed by atoms with Crippen molar-refractivity contribution < 1.29 is 4.79 Å². The van der Waals surface area contributed by atoms with Crippen LogP contribution in [0.1, 0.15) is 26.2 Å². The Hall–Kier alpha value is -0.810. The maximum atomic E-state index is 12.4. The Morgan fingerprint density at radius 1 is 1.32 bits per heavy atom. The Morgan fingerprint density at radius 2 is 2.05 bits per heavy atom. The Morgan fingerprint density at radius 3 is 2.68 bits per heavy atom. The molecule has 0 aliphatic carbocycles. The Balaban J connectivity index is 1.80. The molecular formula is C14H20BrN3O. The van der Waals surface area contributed by atoms with Crippen LogP contribution in [0.4, 0.5) is 0 Å². The van der Waals surface area contributed by atoms with Crippen LogP contribution in [0.3, 0.4) is 0 Å². The van der Waals surface area contributed by atoms with Gasteiger partial charge < -0.3 is 5.32 Å². The van der Waals surface area contributed by atoms with Gasteiger partial charge in [0.05, 0.1) is 0 Å². The van der Waals surface area contributed by atoms with Crippen molar-refractivity contribution in [2.24, 2.45) is 0 Å². The van der Waals surface area contributed by atoms with Crippen molar-refractivity contribution in [1.82, 2.24) is 15.1 Å². The first-order valence-corrected chi connectivity index (χ1v) is 7.69. The summed E-state index contributed by atoms with van der Waals surface area (Å²) in [6.07, 6.45) is 7.09. The lowest BCUT2D eigenvalue weighted by atomic mass is 9.76. The number of carbonyl (C=O) groups excluding carboxylic acids is 1. The summed E-state index contributed by atoms with van der Waals surface area (Å²) in [6.45, 7) is 2.81. The molecule has 0 aromatic heterocycles. The Bertz CT molecular complexity index is 456. The summed E-state index contributed by atoms with van der Waals surface area (Å²) in [5.41, 5.74) is 0. The lowest BCUT2D eigenvalue weighted by Gasteiger charge is -2.60. The van der Waals surface area contributed by atoms with E-state index in [0.29, 0.717) is 18.5 Å². The van der Waals surface area contributed by atoms with Crippen molar-refractivity contribution in [2.45, 2.75) is 44.3 Å². The van der Waals surface area contributed by atoms with Gasteiger partial charge in [0.2, 0.25) is 5.91 Å². The number of carbonyl (C=O) groups is 1. The average Bonchev–Trinajstić information content (AvgIpc) is 2.39. The number of rotatable bonds is 3. The molecule has 1 N–H and O–H groups in total. The first kappa shape index (κ1) is 13.2. The maximum absolute atomic E-state index is 12.4. The molecule has 0 aromatic carbocycles. The number of nitrogens with zero attached hydrogens (tertiary/aromatic N) is 2. The van der Waals surface area contributed by atoms with Gasteiger partial charge in [-0.3, -0.25) is 14.6 Å². The van der Waals surface area contributed by atoms with Crippen LogP contribution in [0.5, 0.6) is 0 Å². The Labute approximate surface area is 122 Å². The van der Waals surface area contributed by atoms with E-state index in [-0.39, 0.29) is 5.91 Å². The smallest absolute Gasteiger partial charge is 0.229 e. The van der Waals surface area contributed by atoms with Gasteiger partial charge in [-0.1, -0.05) is 15.9 Å². The number of piperidine rings is 1. The van der Waals surface area contributed by atoms with Gasteiger partial charge in [0, 0.05) is 38.1 Å². The Kier molecular flexibility index (Phi) is 3.43. The molecule has 3 saturated heterocycles. The highest BCUT2D eigenvalue weighted by Crippen LogP contribution is 2.45. The third-order valence-electron chi connectivity index (χ3n) is 4.48. The average molecular weight is 326 g/mol. The van der Waals surface area contributed by atoms with Gasteiger partial charge in [-0.05, 0) is 36.4 Å². The zero-order chi connectivity index (χ0) is 13.6. The molecular weight excluding hydrogens is 306 g/mol. The number of hydrogen-bond acceptors (Lipinski definition) is 3. The van der Waals surface area contributed by atoms with Crippen LogP contribution in [0.25, 0.3) is 0 Å². The lowest BCUT2D eigenvalue weighted by molar-refractivity contribution is -0.131. The van der Waals surface area contributed by atoms with Crippen LogP contribution in [0.2, 0.25) is 0 Å². The van der Waals surface area contributed by atoms with Crippen LogP contribution in [0.15, 0.2) is 22.5 Å².